The molecule has 94 valence electrons. The van der Waals surface area contributed by atoms with Crippen molar-refractivity contribution in [2.45, 2.75) is 26.2 Å². The fraction of sp³-hybridized carbons (Fsp3) is 0.333. The van der Waals surface area contributed by atoms with Crippen LogP contribution in [0.2, 0.25) is 0 Å². The predicted molar refractivity (Wildman–Crippen MR) is 55.7 cm³/mol. The number of hydrogen-bond acceptors (Lipinski definition) is 1. The molecule has 0 aliphatic rings. The van der Waals surface area contributed by atoms with Gasteiger partial charge in [0, 0.05) is 23.5 Å². The Bertz CT molecular complexity index is 224. The maximum Gasteiger partial charge on any atom is 0 e. The predicted octanol–water partition coefficient (Wildman–Crippen LogP) is 2.37. The quantitative estimate of drug-likeness (QED) is 0.250. The molecule has 0 aromatic rings. The summed E-state index contributed by atoms with van der Waals surface area (Å²) < 4.78 is 22.5. The van der Waals surface area contributed by atoms with E-state index in [0.717, 1.165) is 12.8 Å². The molecule has 0 heterocycles. The molecule has 0 N–H and O–H groups in total. The van der Waals surface area contributed by atoms with E-state index in [9.17, 15) is 4.79 Å². The average Bonchev–Trinajstić information content (AvgIpc) is 2.41. The van der Waals surface area contributed by atoms with Crippen molar-refractivity contribution < 1.29 is 35.8 Å². The minimum atomic E-state index is 0. The van der Waals surface area contributed by atoms with Crippen LogP contribution in [0, 0.1) is 20.0 Å². The second-order valence-electron chi connectivity index (χ2n) is 2.16. The molecule has 0 unspecified atom stereocenters. The zero-order chi connectivity index (χ0) is 13.8. The summed E-state index contributed by atoms with van der Waals surface area (Å²) in [5.74, 6) is 0.196. The minimum absolute atomic E-state index is 0. The molecular weight excluding hydrogens is 264 g/mol. The number of unbranched alkanes of at least 4 members (excludes halogenated alkanes) is 1. The van der Waals surface area contributed by atoms with Gasteiger partial charge in [-0.1, -0.05) is 32.1 Å². The molecule has 0 radical (unpaired) electrons. The van der Waals surface area contributed by atoms with Crippen LogP contribution in [-0.2, 0) is 35.8 Å². The van der Waals surface area contributed by atoms with E-state index in [2.05, 4.69) is 33.5 Å². The zero-order valence-electron chi connectivity index (χ0n) is 9.55. The summed E-state index contributed by atoms with van der Waals surface area (Å²) in [5.41, 5.74) is 0. The number of ketones is 1. The molecule has 0 amide bonds. The monoisotopic (exact) mass is 278 g/mol. The smallest absolute Gasteiger partial charge is 0 e. The number of allylic oxidation sites excluding steroid dienone is 3. The van der Waals surface area contributed by atoms with Crippen LogP contribution < -0.4 is 0 Å². The first-order valence-corrected chi connectivity index (χ1v) is 4.24. The maximum absolute atomic E-state index is 10.8. The molecular formula is C12H14FeO4. The largest absolute Gasteiger partial charge is 0 e. The van der Waals surface area contributed by atoms with Gasteiger partial charge in [0.25, 0.3) is 0 Å². The second-order valence-corrected chi connectivity index (χ2v) is 2.16. The summed E-state index contributed by atoms with van der Waals surface area (Å²) in [6.07, 6.45) is 7.60. The Kier molecular flexibility index (Phi) is 80.6. The van der Waals surface area contributed by atoms with Crippen molar-refractivity contribution in [3.63, 3.8) is 0 Å². The van der Waals surface area contributed by atoms with E-state index in [4.69, 9.17) is 14.0 Å². The van der Waals surface area contributed by atoms with Crippen molar-refractivity contribution in [3.8, 4) is 0 Å². The first kappa shape index (κ1) is 29.7. The molecule has 0 spiro atoms. The van der Waals surface area contributed by atoms with E-state index in [-0.39, 0.29) is 22.9 Å². The number of rotatable bonds is 5. The molecule has 4 nitrogen and oxygen atoms in total. The third-order valence-corrected chi connectivity index (χ3v) is 1.19. The third kappa shape index (κ3) is 52.1. The first-order chi connectivity index (χ1) is 7.81. The van der Waals surface area contributed by atoms with Gasteiger partial charge in [0.1, 0.15) is 0 Å². The molecule has 0 fully saturated rings. The van der Waals surface area contributed by atoms with Crippen LogP contribution in [0.1, 0.15) is 26.2 Å². The standard InChI is InChI=1S/C9H14O.3CO.Fe/c1-3-5-7-9(10)8-6-4-2;3*1-2;/h3,5,7H,1,4,6,8H2,2H3;;;;/b7-5-;;;;. The molecule has 0 aromatic carbocycles. The van der Waals surface area contributed by atoms with Crippen LogP contribution in [0.5, 0.6) is 0 Å². The van der Waals surface area contributed by atoms with Gasteiger partial charge in [-0.2, -0.15) is 0 Å². The fourth-order valence-corrected chi connectivity index (χ4v) is 0.610. The van der Waals surface area contributed by atoms with E-state index < -0.39 is 0 Å². The van der Waals surface area contributed by atoms with Crippen LogP contribution in [0.15, 0.2) is 24.8 Å². The summed E-state index contributed by atoms with van der Waals surface area (Å²) in [6, 6.07) is 0. The van der Waals surface area contributed by atoms with Gasteiger partial charge in [-0.15, -0.1) is 0 Å². The zero-order valence-corrected chi connectivity index (χ0v) is 10.7. The topological polar surface area (TPSA) is 76.8 Å². The molecule has 0 saturated carbocycles. The van der Waals surface area contributed by atoms with Crippen molar-refractivity contribution in [1.29, 1.82) is 0 Å². The Labute approximate surface area is 113 Å². The van der Waals surface area contributed by atoms with Crippen molar-refractivity contribution in [1.82, 2.24) is 0 Å². The molecule has 0 atom stereocenters. The van der Waals surface area contributed by atoms with Gasteiger partial charge < -0.3 is 0 Å². The summed E-state index contributed by atoms with van der Waals surface area (Å²) in [6.45, 7) is 19.0. The minimum Gasteiger partial charge on any atom is 0 e. The van der Waals surface area contributed by atoms with E-state index in [1.165, 1.54) is 0 Å². The number of carbonyl (C=O) groups excluding carboxylic acids is 1. The van der Waals surface area contributed by atoms with Crippen molar-refractivity contribution in [2.24, 2.45) is 0 Å². The number of carbonyl (C=O) groups is 1. The SMILES string of the molecule is C=C/C=C\C(=O)CCCC.[C-]#[O+].[C-]#[O+].[C-]#[O+].[Fe]. The Balaban J connectivity index is -0.0000000594. The van der Waals surface area contributed by atoms with Gasteiger partial charge in [0.2, 0.25) is 0 Å². The number of hydrogen-bond donors (Lipinski definition) is 0. The first-order valence-electron chi connectivity index (χ1n) is 4.24. The van der Waals surface area contributed by atoms with E-state index in [1.807, 2.05) is 0 Å². The molecule has 5 heteroatoms. The van der Waals surface area contributed by atoms with Gasteiger partial charge in [-0.25, -0.2) is 0 Å². The summed E-state index contributed by atoms with van der Waals surface area (Å²) >= 11 is 0. The Morgan fingerprint density at radius 2 is 1.59 bits per heavy atom. The Morgan fingerprint density at radius 1 is 1.18 bits per heavy atom. The summed E-state index contributed by atoms with van der Waals surface area (Å²) in [4.78, 5) is 10.8. The molecule has 17 heavy (non-hydrogen) atoms. The Hall–Kier alpha value is -1.11. The second kappa shape index (κ2) is 46.1. The van der Waals surface area contributed by atoms with Gasteiger partial charge in [0.05, 0.1) is 0 Å². The molecule has 0 rings (SSSR count). The summed E-state index contributed by atoms with van der Waals surface area (Å²) in [5, 5.41) is 0. The summed E-state index contributed by atoms with van der Waals surface area (Å²) in [7, 11) is 0. The van der Waals surface area contributed by atoms with Gasteiger partial charge >= 0.3 is 33.9 Å². The van der Waals surface area contributed by atoms with Gasteiger partial charge in [-0.3, -0.25) is 4.79 Å². The van der Waals surface area contributed by atoms with Crippen LogP contribution >= 0.6 is 0 Å². The molecule has 0 bridgehead atoms. The average molecular weight is 278 g/mol. The molecule has 0 saturated heterocycles. The molecule has 0 aromatic heterocycles. The molecule has 0 aliphatic carbocycles. The van der Waals surface area contributed by atoms with Gasteiger partial charge in [0.15, 0.2) is 5.78 Å². The van der Waals surface area contributed by atoms with E-state index in [0.29, 0.717) is 6.42 Å². The van der Waals surface area contributed by atoms with Crippen LogP contribution in [0.25, 0.3) is 0 Å². The van der Waals surface area contributed by atoms with Crippen molar-refractivity contribution >= 4 is 5.78 Å². The van der Waals surface area contributed by atoms with Crippen LogP contribution in [0.3, 0.4) is 0 Å². The maximum atomic E-state index is 10.8. The van der Waals surface area contributed by atoms with Crippen molar-refractivity contribution in [3.05, 3.63) is 44.8 Å². The third-order valence-electron chi connectivity index (χ3n) is 1.19. The fourth-order valence-electron chi connectivity index (χ4n) is 0.610. The Morgan fingerprint density at radius 3 is 1.88 bits per heavy atom. The van der Waals surface area contributed by atoms with E-state index >= 15 is 0 Å². The van der Waals surface area contributed by atoms with Gasteiger partial charge in [-0.05, 0) is 12.5 Å². The van der Waals surface area contributed by atoms with Crippen molar-refractivity contribution in [2.75, 3.05) is 0 Å². The normalized spacial score (nSPS) is 6.29. The van der Waals surface area contributed by atoms with E-state index in [1.54, 1.807) is 18.2 Å². The van der Waals surface area contributed by atoms with Crippen LogP contribution in [0.4, 0.5) is 0 Å². The van der Waals surface area contributed by atoms with Crippen LogP contribution in [-0.4, -0.2) is 5.78 Å². The molecule has 0 aliphatic heterocycles.